The molecule has 2 rings (SSSR count). The molecular weight excluding hydrogens is 296 g/mol. The van der Waals surface area contributed by atoms with Gasteiger partial charge in [0.2, 0.25) is 5.88 Å². The molecule has 1 amide bonds. The van der Waals surface area contributed by atoms with Crippen molar-refractivity contribution in [3.05, 3.63) is 51.1 Å². The Morgan fingerprint density at radius 3 is 2.78 bits per heavy atom. The lowest BCUT2D eigenvalue weighted by Crippen LogP contribution is -2.31. The number of hydrogen-bond acceptors (Lipinski definition) is 5. The fourth-order valence-corrected chi connectivity index (χ4v) is 1.98. The Hall–Kier alpha value is -2.70. The van der Waals surface area contributed by atoms with Gasteiger partial charge in [-0.15, -0.1) is 0 Å². The zero-order valence-electron chi connectivity index (χ0n) is 13.5. The molecule has 2 aromatic rings. The number of aromatic nitrogens is 3. The highest BCUT2D eigenvalue weighted by molar-refractivity contribution is 5.95. The van der Waals surface area contributed by atoms with E-state index in [1.165, 1.54) is 0 Å². The van der Waals surface area contributed by atoms with Crippen molar-refractivity contribution < 1.29 is 9.53 Å². The van der Waals surface area contributed by atoms with Crippen molar-refractivity contribution in [2.45, 2.75) is 33.7 Å². The summed E-state index contributed by atoms with van der Waals surface area (Å²) in [5.41, 5.74) is 1.61. The number of nitrogens with one attached hydrogen (secondary N) is 2. The van der Waals surface area contributed by atoms with E-state index in [2.05, 4.69) is 20.5 Å². The zero-order valence-corrected chi connectivity index (χ0v) is 13.5. The van der Waals surface area contributed by atoms with E-state index in [0.717, 1.165) is 12.0 Å². The van der Waals surface area contributed by atoms with Crippen LogP contribution in [0.3, 0.4) is 0 Å². The summed E-state index contributed by atoms with van der Waals surface area (Å²) in [5.74, 6) is 0.125. The maximum absolute atomic E-state index is 12.2. The zero-order chi connectivity index (χ0) is 16.8. The van der Waals surface area contributed by atoms with Crippen molar-refractivity contribution in [3.63, 3.8) is 0 Å². The van der Waals surface area contributed by atoms with Gasteiger partial charge in [-0.05, 0) is 31.4 Å². The summed E-state index contributed by atoms with van der Waals surface area (Å²) in [5, 5.41) is 8.87. The molecule has 2 aromatic heterocycles. The highest BCUT2D eigenvalue weighted by Crippen LogP contribution is 2.09. The van der Waals surface area contributed by atoms with Crippen LogP contribution in [0, 0.1) is 13.8 Å². The van der Waals surface area contributed by atoms with E-state index in [1.54, 1.807) is 26.1 Å². The first-order valence-corrected chi connectivity index (χ1v) is 7.44. The molecule has 0 unspecified atom stereocenters. The van der Waals surface area contributed by atoms with Gasteiger partial charge in [-0.1, -0.05) is 13.0 Å². The molecule has 0 radical (unpaired) electrons. The molecule has 0 saturated carbocycles. The van der Waals surface area contributed by atoms with Crippen molar-refractivity contribution >= 4 is 5.91 Å². The van der Waals surface area contributed by atoms with Gasteiger partial charge in [-0.2, -0.15) is 5.10 Å². The first-order chi connectivity index (χ1) is 11.0. The van der Waals surface area contributed by atoms with Gasteiger partial charge in [0.05, 0.1) is 12.3 Å². The first kappa shape index (κ1) is 16.7. The van der Waals surface area contributed by atoms with E-state index < -0.39 is 11.5 Å². The Balaban J connectivity index is 2.02. The summed E-state index contributed by atoms with van der Waals surface area (Å²) in [7, 11) is 0. The summed E-state index contributed by atoms with van der Waals surface area (Å²) in [6.07, 6.45) is 2.55. The molecule has 0 spiro atoms. The molecular formula is C16H20N4O3. The third kappa shape index (κ3) is 4.15. The normalized spacial score (nSPS) is 10.4. The maximum atomic E-state index is 12.2. The van der Waals surface area contributed by atoms with E-state index in [1.807, 2.05) is 13.0 Å². The van der Waals surface area contributed by atoms with Gasteiger partial charge in [0.1, 0.15) is 5.56 Å². The Kier molecular flexibility index (Phi) is 5.46. The molecule has 0 aliphatic rings. The van der Waals surface area contributed by atoms with Gasteiger partial charge < -0.3 is 10.1 Å². The molecule has 23 heavy (non-hydrogen) atoms. The third-order valence-corrected chi connectivity index (χ3v) is 3.40. The van der Waals surface area contributed by atoms with Gasteiger partial charge in [0, 0.05) is 18.8 Å². The Bertz CT molecular complexity index is 738. The number of nitrogens with zero attached hydrogens (tertiary/aromatic N) is 2. The summed E-state index contributed by atoms with van der Waals surface area (Å²) >= 11 is 0. The predicted octanol–water partition coefficient (Wildman–Crippen LogP) is 1.50. The Morgan fingerprint density at radius 2 is 2.13 bits per heavy atom. The predicted molar refractivity (Wildman–Crippen MR) is 85.5 cm³/mol. The van der Waals surface area contributed by atoms with Crippen LogP contribution in [0.2, 0.25) is 0 Å². The van der Waals surface area contributed by atoms with Crippen molar-refractivity contribution in [1.82, 2.24) is 20.5 Å². The van der Waals surface area contributed by atoms with Gasteiger partial charge in [-0.25, -0.2) is 10.1 Å². The minimum absolute atomic E-state index is 0.0911. The van der Waals surface area contributed by atoms with Crippen LogP contribution in [0.15, 0.2) is 23.1 Å². The number of carbonyl (C=O) groups excluding carboxylic acids is 1. The monoisotopic (exact) mass is 316 g/mol. The van der Waals surface area contributed by atoms with Crippen molar-refractivity contribution in [1.29, 1.82) is 0 Å². The summed E-state index contributed by atoms with van der Waals surface area (Å²) in [6, 6.07) is 3.58. The molecule has 0 fully saturated rings. The summed E-state index contributed by atoms with van der Waals surface area (Å²) < 4.78 is 5.40. The van der Waals surface area contributed by atoms with Gasteiger partial charge >= 0.3 is 0 Å². The second kappa shape index (κ2) is 7.53. The second-order valence-corrected chi connectivity index (χ2v) is 5.17. The Morgan fingerprint density at radius 1 is 1.35 bits per heavy atom. The number of hydrogen-bond donors (Lipinski definition) is 2. The molecule has 0 aliphatic heterocycles. The van der Waals surface area contributed by atoms with Crippen LogP contribution in [0.5, 0.6) is 5.88 Å². The lowest BCUT2D eigenvalue weighted by Gasteiger charge is -2.08. The second-order valence-electron chi connectivity index (χ2n) is 5.17. The van der Waals surface area contributed by atoms with Gasteiger partial charge in [0.25, 0.3) is 11.5 Å². The lowest BCUT2D eigenvalue weighted by atomic mass is 10.1. The lowest BCUT2D eigenvalue weighted by molar-refractivity contribution is 0.0948. The van der Waals surface area contributed by atoms with Crippen LogP contribution in [0.1, 0.15) is 40.5 Å². The Labute approximate surface area is 134 Å². The molecule has 122 valence electrons. The van der Waals surface area contributed by atoms with Crippen LogP contribution in [-0.4, -0.2) is 27.7 Å². The smallest absolute Gasteiger partial charge is 0.277 e. The SMILES string of the molecule is CCCOc1ccc(CNC(=O)c2c(C)c(C)n[nH]c2=O)cn1. The largest absolute Gasteiger partial charge is 0.478 e. The molecule has 7 heteroatoms. The number of aromatic amines is 1. The van der Waals surface area contributed by atoms with Crippen molar-refractivity contribution in [2.24, 2.45) is 0 Å². The summed E-state index contributed by atoms with van der Waals surface area (Å²) in [4.78, 5) is 28.2. The van der Waals surface area contributed by atoms with Crippen LogP contribution in [0.4, 0.5) is 0 Å². The number of rotatable bonds is 6. The molecule has 0 aliphatic carbocycles. The molecule has 2 heterocycles. The van der Waals surface area contributed by atoms with Crippen molar-refractivity contribution in [3.8, 4) is 5.88 Å². The molecule has 0 aromatic carbocycles. The number of pyridine rings is 1. The first-order valence-electron chi connectivity index (χ1n) is 7.44. The minimum Gasteiger partial charge on any atom is -0.478 e. The van der Waals surface area contributed by atoms with Gasteiger partial charge in [-0.3, -0.25) is 9.59 Å². The van der Waals surface area contributed by atoms with E-state index in [0.29, 0.717) is 23.7 Å². The van der Waals surface area contributed by atoms with Crippen molar-refractivity contribution in [2.75, 3.05) is 6.61 Å². The number of carbonyl (C=O) groups is 1. The van der Waals surface area contributed by atoms with E-state index in [4.69, 9.17) is 4.74 Å². The number of amides is 1. The minimum atomic E-state index is -0.493. The fraction of sp³-hybridized carbons (Fsp3) is 0.375. The van der Waals surface area contributed by atoms with E-state index >= 15 is 0 Å². The third-order valence-electron chi connectivity index (χ3n) is 3.40. The highest BCUT2D eigenvalue weighted by atomic mass is 16.5. The molecule has 0 bridgehead atoms. The quantitative estimate of drug-likeness (QED) is 0.842. The van der Waals surface area contributed by atoms with Crippen LogP contribution in [-0.2, 0) is 6.54 Å². The molecule has 2 N–H and O–H groups in total. The maximum Gasteiger partial charge on any atom is 0.277 e. The van der Waals surface area contributed by atoms with Crippen LogP contribution >= 0.6 is 0 Å². The highest BCUT2D eigenvalue weighted by Gasteiger charge is 2.15. The van der Waals surface area contributed by atoms with E-state index in [-0.39, 0.29) is 12.1 Å². The standard InChI is InChI=1S/C16H20N4O3/c1-4-7-23-13-6-5-12(8-17-13)9-18-15(21)14-10(2)11(3)19-20-16(14)22/h5-6,8H,4,7,9H2,1-3H3,(H,18,21)(H,20,22). The summed E-state index contributed by atoms with van der Waals surface area (Å²) in [6.45, 7) is 6.36. The van der Waals surface area contributed by atoms with Crippen LogP contribution < -0.4 is 15.6 Å². The topological polar surface area (TPSA) is 97.0 Å². The van der Waals surface area contributed by atoms with E-state index in [9.17, 15) is 9.59 Å². The number of aryl methyl sites for hydroxylation is 1. The molecule has 7 nitrogen and oxygen atoms in total. The molecule has 0 atom stereocenters. The molecule has 0 saturated heterocycles. The fourth-order valence-electron chi connectivity index (χ4n) is 1.98. The number of H-pyrrole nitrogens is 1. The number of ether oxygens (including phenoxy) is 1. The van der Waals surface area contributed by atoms with Gasteiger partial charge in [0.15, 0.2) is 0 Å². The average molecular weight is 316 g/mol. The average Bonchev–Trinajstić information content (AvgIpc) is 2.55. The van der Waals surface area contributed by atoms with Crippen LogP contribution in [0.25, 0.3) is 0 Å².